The third-order valence-corrected chi connectivity index (χ3v) is 2.63. The first kappa shape index (κ1) is 16.4. The number of aliphatic hydroxyl groups excluding tert-OH is 1. The van der Waals surface area contributed by atoms with Crippen molar-refractivity contribution in [3.8, 4) is 5.75 Å². The van der Waals surface area contributed by atoms with E-state index in [-0.39, 0.29) is 13.2 Å². The van der Waals surface area contributed by atoms with E-state index in [1.807, 2.05) is 18.2 Å². The highest BCUT2D eigenvalue weighted by molar-refractivity contribution is 5.68. The highest BCUT2D eigenvalue weighted by atomic mass is 16.5. The van der Waals surface area contributed by atoms with E-state index in [0.717, 1.165) is 25.1 Å². The minimum absolute atomic E-state index is 0.154. The summed E-state index contributed by atoms with van der Waals surface area (Å²) >= 11 is 0. The Morgan fingerprint density at radius 1 is 1.15 bits per heavy atom. The molecule has 1 aromatic carbocycles. The number of hydrogen-bond donors (Lipinski definition) is 4. The lowest BCUT2D eigenvalue weighted by molar-refractivity contribution is -0.139. The van der Waals surface area contributed by atoms with Gasteiger partial charge in [0.25, 0.3) is 0 Å². The van der Waals surface area contributed by atoms with Crippen LogP contribution in [0.5, 0.6) is 5.75 Å². The number of nitrogens with one attached hydrogen (secondary N) is 2. The van der Waals surface area contributed by atoms with Crippen LogP contribution in [0, 0.1) is 0 Å². The number of aliphatic hydroxyl groups is 1. The van der Waals surface area contributed by atoms with Crippen molar-refractivity contribution in [2.24, 2.45) is 0 Å². The summed E-state index contributed by atoms with van der Waals surface area (Å²) in [6, 6.07) is 7.39. The topological polar surface area (TPSA) is 90.8 Å². The molecule has 6 nitrogen and oxygen atoms in total. The number of para-hydroxylation sites is 1. The van der Waals surface area contributed by atoms with Gasteiger partial charge in [0.2, 0.25) is 0 Å². The highest BCUT2D eigenvalue weighted by Crippen LogP contribution is 2.17. The Balaban J connectivity index is 2.26. The van der Waals surface area contributed by atoms with E-state index in [4.69, 9.17) is 14.9 Å². The normalized spacial score (nSPS) is 10.4. The number of carboxylic acid groups (broad SMARTS) is 1. The lowest BCUT2D eigenvalue weighted by Crippen LogP contribution is -2.24. The summed E-state index contributed by atoms with van der Waals surface area (Å²) in [6.45, 7) is 2.77. The molecule has 0 saturated carbocycles. The van der Waals surface area contributed by atoms with E-state index in [0.29, 0.717) is 18.8 Å². The van der Waals surface area contributed by atoms with Gasteiger partial charge < -0.3 is 25.6 Å². The average molecular weight is 282 g/mol. The van der Waals surface area contributed by atoms with Crippen molar-refractivity contribution in [2.45, 2.75) is 13.0 Å². The van der Waals surface area contributed by atoms with Gasteiger partial charge >= 0.3 is 5.97 Å². The van der Waals surface area contributed by atoms with Gasteiger partial charge in [-0.15, -0.1) is 0 Å². The van der Waals surface area contributed by atoms with Crippen LogP contribution in [0.3, 0.4) is 0 Å². The van der Waals surface area contributed by atoms with Crippen LogP contribution in [0.2, 0.25) is 0 Å². The molecule has 6 heteroatoms. The number of ether oxygens (including phenoxy) is 1. The first-order valence-electron chi connectivity index (χ1n) is 6.69. The summed E-state index contributed by atoms with van der Waals surface area (Å²) in [5.41, 5.74) is 0.942. The average Bonchev–Trinajstić information content (AvgIpc) is 2.45. The van der Waals surface area contributed by atoms with Crippen LogP contribution >= 0.6 is 0 Å². The number of rotatable bonds is 11. The molecule has 0 aromatic heterocycles. The monoisotopic (exact) mass is 282 g/mol. The zero-order chi connectivity index (χ0) is 14.6. The van der Waals surface area contributed by atoms with E-state index in [1.54, 1.807) is 6.07 Å². The fourth-order valence-electron chi connectivity index (χ4n) is 1.70. The zero-order valence-electron chi connectivity index (χ0n) is 11.5. The van der Waals surface area contributed by atoms with Crippen molar-refractivity contribution in [2.75, 3.05) is 32.8 Å². The zero-order valence-corrected chi connectivity index (χ0v) is 11.5. The maximum atomic E-state index is 10.5. The molecule has 0 atom stereocenters. The standard InChI is InChI=1S/C14H22N2O4/c17-9-8-15-6-3-7-16-10-12-4-1-2-5-13(12)20-11-14(18)19/h1-2,4-5,15-17H,3,6-11H2,(H,18,19). The lowest BCUT2D eigenvalue weighted by atomic mass is 10.2. The Morgan fingerprint density at radius 3 is 2.65 bits per heavy atom. The van der Waals surface area contributed by atoms with E-state index < -0.39 is 5.97 Å². The Morgan fingerprint density at radius 2 is 1.90 bits per heavy atom. The van der Waals surface area contributed by atoms with Gasteiger partial charge in [0, 0.05) is 18.7 Å². The van der Waals surface area contributed by atoms with E-state index >= 15 is 0 Å². The first-order valence-corrected chi connectivity index (χ1v) is 6.69. The molecule has 0 fully saturated rings. The van der Waals surface area contributed by atoms with Crippen LogP contribution in [0.15, 0.2) is 24.3 Å². The predicted molar refractivity (Wildman–Crippen MR) is 75.9 cm³/mol. The molecule has 0 saturated heterocycles. The van der Waals surface area contributed by atoms with E-state index in [2.05, 4.69) is 10.6 Å². The summed E-state index contributed by atoms with van der Waals surface area (Å²) in [4.78, 5) is 10.5. The number of aliphatic carboxylic acids is 1. The van der Waals surface area contributed by atoms with Gasteiger partial charge in [0.1, 0.15) is 5.75 Å². The van der Waals surface area contributed by atoms with Gasteiger partial charge in [0.15, 0.2) is 6.61 Å². The minimum atomic E-state index is -0.984. The van der Waals surface area contributed by atoms with Crippen LogP contribution in [-0.2, 0) is 11.3 Å². The Bertz CT molecular complexity index is 399. The summed E-state index contributed by atoms with van der Waals surface area (Å²) < 4.78 is 5.23. The van der Waals surface area contributed by atoms with Gasteiger partial charge in [-0.1, -0.05) is 18.2 Å². The summed E-state index contributed by atoms with van der Waals surface area (Å²) in [7, 11) is 0. The van der Waals surface area contributed by atoms with E-state index in [9.17, 15) is 4.79 Å². The fourth-order valence-corrected chi connectivity index (χ4v) is 1.70. The van der Waals surface area contributed by atoms with Gasteiger partial charge in [-0.25, -0.2) is 4.79 Å². The van der Waals surface area contributed by atoms with Crippen LogP contribution in [-0.4, -0.2) is 49.0 Å². The van der Waals surface area contributed by atoms with Crippen molar-refractivity contribution in [1.29, 1.82) is 0 Å². The first-order chi connectivity index (χ1) is 9.74. The molecule has 112 valence electrons. The van der Waals surface area contributed by atoms with Crippen molar-refractivity contribution in [1.82, 2.24) is 10.6 Å². The van der Waals surface area contributed by atoms with Gasteiger partial charge in [-0.2, -0.15) is 0 Å². The molecule has 0 aliphatic carbocycles. The van der Waals surface area contributed by atoms with Crippen LogP contribution < -0.4 is 15.4 Å². The van der Waals surface area contributed by atoms with Gasteiger partial charge in [-0.3, -0.25) is 0 Å². The van der Waals surface area contributed by atoms with Crippen molar-refractivity contribution >= 4 is 5.97 Å². The van der Waals surface area contributed by atoms with Gasteiger partial charge in [-0.05, 0) is 25.6 Å². The molecule has 0 heterocycles. The van der Waals surface area contributed by atoms with Crippen molar-refractivity contribution in [3.63, 3.8) is 0 Å². The Hall–Kier alpha value is -1.63. The van der Waals surface area contributed by atoms with E-state index in [1.165, 1.54) is 0 Å². The molecule has 0 aliphatic heterocycles. The number of carboxylic acids is 1. The number of benzene rings is 1. The molecule has 20 heavy (non-hydrogen) atoms. The number of carbonyl (C=O) groups is 1. The largest absolute Gasteiger partial charge is 0.482 e. The molecule has 0 unspecified atom stereocenters. The SMILES string of the molecule is O=C(O)COc1ccccc1CNCCCNCCO. The minimum Gasteiger partial charge on any atom is -0.482 e. The second-order valence-electron chi connectivity index (χ2n) is 4.29. The molecular weight excluding hydrogens is 260 g/mol. The van der Waals surface area contributed by atoms with Crippen LogP contribution in [0.4, 0.5) is 0 Å². The Labute approximate surface area is 118 Å². The summed E-state index contributed by atoms with van der Waals surface area (Å²) in [5.74, 6) is -0.386. The van der Waals surface area contributed by atoms with Crippen molar-refractivity contribution < 1.29 is 19.7 Å². The molecule has 1 aromatic rings. The van der Waals surface area contributed by atoms with Crippen LogP contribution in [0.1, 0.15) is 12.0 Å². The maximum absolute atomic E-state index is 10.5. The summed E-state index contributed by atoms with van der Waals surface area (Å²) in [6.07, 6.45) is 0.956. The number of hydrogen-bond acceptors (Lipinski definition) is 5. The molecule has 0 spiro atoms. The Kier molecular flexibility index (Phi) is 8.37. The highest BCUT2D eigenvalue weighted by Gasteiger charge is 2.04. The van der Waals surface area contributed by atoms with Gasteiger partial charge in [0.05, 0.1) is 6.61 Å². The summed E-state index contributed by atoms with van der Waals surface area (Å²) in [5, 5.41) is 23.6. The van der Waals surface area contributed by atoms with Crippen LogP contribution in [0.25, 0.3) is 0 Å². The molecule has 0 aliphatic rings. The van der Waals surface area contributed by atoms with Crippen molar-refractivity contribution in [3.05, 3.63) is 29.8 Å². The maximum Gasteiger partial charge on any atom is 0.341 e. The molecule has 0 bridgehead atoms. The lowest BCUT2D eigenvalue weighted by Gasteiger charge is -2.11. The quantitative estimate of drug-likeness (QED) is 0.434. The molecule has 0 radical (unpaired) electrons. The molecular formula is C14H22N2O4. The molecule has 4 N–H and O–H groups in total. The second kappa shape index (κ2) is 10.2. The second-order valence-corrected chi connectivity index (χ2v) is 4.29. The molecule has 0 amide bonds. The third kappa shape index (κ3) is 7.08. The smallest absolute Gasteiger partial charge is 0.341 e. The molecule has 1 rings (SSSR count). The fraction of sp³-hybridized carbons (Fsp3) is 0.500. The third-order valence-electron chi connectivity index (χ3n) is 2.63. The predicted octanol–water partition coefficient (Wildman–Crippen LogP) is 0.212.